The maximum atomic E-state index is 10.4. The third-order valence-electron chi connectivity index (χ3n) is 2.54. The van der Waals surface area contributed by atoms with Crippen LogP contribution in [-0.4, -0.2) is 45.2 Å². The molecule has 5 nitrogen and oxygen atoms in total. The highest BCUT2D eigenvalue weighted by molar-refractivity contribution is 5.66. The molecule has 0 fully saturated rings. The van der Waals surface area contributed by atoms with E-state index in [1.54, 1.807) is 12.5 Å². The first-order chi connectivity index (χ1) is 7.72. The Hall–Kier alpha value is -1.36. The van der Waals surface area contributed by atoms with Crippen LogP contribution in [0.2, 0.25) is 0 Å². The Morgan fingerprint density at radius 3 is 2.88 bits per heavy atom. The SMILES string of the molecule is CCN(CCCn1ccnc1)CCC(=O)O. The zero-order valence-corrected chi connectivity index (χ0v) is 9.67. The highest BCUT2D eigenvalue weighted by Gasteiger charge is 2.04. The third kappa shape index (κ3) is 4.93. The van der Waals surface area contributed by atoms with Crippen LogP contribution >= 0.6 is 0 Å². The summed E-state index contributed by atoms with van der Waals surface area (Å²) in [6.45, 7) is 5.46. The summed E-state index contributed by atoms with van der Waals surface area (Å²) in [6, 6.07) is 0. The van der Waals surface area contributed by atoms with Crippen molar-refractivity contribution >= 4 is 5.97 Å². The van der Waals surface area contributed by atoms with E-state index in [0.29, 0.717) is 6.54 Å². The summed E-state index contributed by atoms with van der Waals surface area (Å²) < 4.78 is 2.03. The lowest BCUT2D eigenvalue weighted by Gasteiger charge is -2.19. The average Bonchev–Trinajstić information content (AvgIpc) is 2.75. The molecule has 0 unspecified atom stereocenters. The summed E-state index contributed by atoms with van der Waals surface area (Å²) in [5, 5.41) is 8.59. The molecule has 0 spiro atoms. The van der Waals surface area contributed by atoms with Crippen molar-refractivity contribution in [1.82, 2.24) is 14.5 Å². The van der Waals surface area contributed by atoms with E-state index in [1.165, 1.54) is 0 Å². The van der Waals surface area contributed by atoms with E-state index in [2.05, 4.69) is 16.8 Å². The fourth-order valence-electron chi connectivity index (χ4n) is 1.58. The first-order valence-electron chi connectivity index (χ1n) is 5.62. The fraction of sp³-hybridized carbons (Fsp3) is 0.636. The number of rotatable bonds is 8. The molecule has 5 heteroatoms. The normalized spacial score (nSPS) is 10.9. The first kappa shape index (κ1) is 12.7. The van der Waals surface area contributed by atoms with Gasteiger partial charge in [0.15, 0.2) is 0 Å². The minimum Gasteiger partial charge on any atom is -0.481 e. The molecule has 16 heavy (non-hydrogen) atoms. The zero-order chi connectivity index (χ0) is 11.8. The quantitative estimate of drug-likeness (QED) is 0.719. The van der Waals surface area contributed by atoms with Gasteiger partial charge in [-0.1, -0.05) is 6.92 Å². The van der Waals surface area contributed by atoms with Gasteiger partial charge in [-0.15, -0.1) is 0 Å². The van der Waals surface area contributed by atoms with Crippen molar-refractivity contribution < 1.29 is 9.90 Å². The number of hydrogen-bond acceptors (Lipinski definition) is 3. The molecule has 1 heterocycles. The van der Waals surface area contributed by atoms with Crippen molar-refractivity contribution in [2.24, 2.45) is 0 Å². The molecule has 0 radical (unpaired) electrons. The molecule has 0 aliphatic rings. The highest BCUT2D eigenvalue weighted by atomic mass is 16.4. The summed E-state index contributed by atoms with van der Waals surface area (Å²) in [6.07, 6.45) is 6.74. The topological polar surface area (TPSA) is 58.4 Å². The molecule has 1 aromatic rings. The summed E-state index contributed by atoms with van der Waals surface area (Å²) in [5.74, 6) is -0.729. The van der Waals surface area contributed by atoms with Crippen molar-refractivity contribution in [2.75, 3.05) is 19.6 Å². The number of carboxylic acid groups (broad SMARTS) is 1. The van der Waals surface area contributed by atoms with E-state index in [9.17, 15) is 4.79 Å². The van der Waals surface area contributed by atoms with Crippen molar-refractivity contribution in [1.29, 1.82) is 0 Å². The Morgan fingerprint density at radius 1 is 1.50 bits per heavy atom. The summed E-state index contributed by atoms with van der Waals surface area (Å²) in [7, 11) is 0. The summed E-state index contributed by atoms with van der Waals surface area (Å²) in [4.78, 5) is 16.6. The molecule has 0 aliphatic heterocycles. The van der Waals surface area contributed by atoms with E-state index < -0.39 is 5.97 Å². The smallest absolute Gasteiger partial charge is 0.304 e. The molecule has 0 saturated heterocycles. The van der Waals surface area contributed by atoms with Gasteiger partial charge in [-0.05, 0) is 19.5 Å². The van der Waals surface area contributed by atoms with Crippen LogP contribution in [0, 0.1) is 0 Å². The van der Waals surface area contributed by atoms with Crippen molar-refractivity contribution in [3.63, 3.8) is 0 Å². The lowest BCUT2D eigenvalue weighted by Crippen LogP contribution is -2.27. The molecular weight excluding hydrogens is 206 g/mol. The van der Waals surface area contributed by atoms with Gasteiger partial charge in [0.2, 0.25) is 0 Å². The molecule has 1 aromatic heterocycles. The number of aromatic nitrogens is 2. The van der Waals surface area contributed by atoms with Crippen molar-refractivity contribution in [3.8, 4) is 0 Å². The number of aryl methyl sites for hydroxylation is 1. The Balaban J connectivity index is 2.16. The lowest BCUT2D eigenvalue weighted by atomic mass is 10.3. The van der Waals surface area contributed by atoms with Gasteiger partial charge < -0.3 is 14.6 Å². The summed E-state index contributed by atoms with van der Waals surface area (Å²) >= 11 is 0. The van der Waals surface area contributed by atoms with Gasteiger partial charge in [-0.3, -0.25) is 4.79 Å². The number of carboxylic acids is 1. The molecule has 0 aliphatic carbocycles. The van der Waals surface area contributed by atoms with Crippen LogP contribution < -0.4 is 0 Å². The minimum absolute atomic E-state index is 0.221. The van der Waals surface area contributed by atoms with E-state index in [0.717, 1.165) is 26.1 Å². The van der Waals surface area contributed by atoms with Gasteiger partial charge in [0.05, 0.1) is 12.7 Å². The third-order valence-corrected chi connectivity index (χ3v) is 2.54. The molecule has 0 bridgehead atoms. The summed E-state index contributed by atoms with van der Waals surface area (Å²) in [5.41, 5.74) is 0. The van der Waals surface area contributed by atoms with Crippen LogP contribution in [0.5, 0.6) is 0 Å². The van der Waals surface area contributed by atoms with E-state index in [4.69, 9.17) is 5.11 Å². The molecule has 1 N–H and O–H groups in total. The predicted molar refractivity (Wildman–Crippen MR) is 61.2 cm³/mol. The largest absolute Gasteiger partial charge is 0.481 e. The van der Waals surface area contributed by atoms with Gasteiger partial charge in [0.25, 0.3) is 0 Å². The second-order valence-corrected chi connectivity index (χ2v) is 3.73. The van der Waals surface area contributed by atoms with Crippen LogP contribution in [0.25, 0.3) is 0 Å². The average molecular weight is 225 g/mol. The number of carbonyl (C=O) groups is 1. The van der Waals surface area contributed by atoms with E-state index >= 15 is 0 Å². The van der Waals surface area contributed by atoms with Crippen LogP contribution in [0.15, 0.2) is 18.7 Å². The second kappa shape index (κ2) is 7.00. The first-order valence-corrected chi connectivity index (χ1v) is 5.62. The van der Waals surface area contributed by atoms with Gasteiger partial charge in [-0.25, -0.2) is 4.98 Å². The predicted octanol–water partition coefficient (Wildman–Crippen LogP) is 1.07. The number of hydrogen-bond donors (Lipinski definition) is 1. The second-order valence-electron chi connectivity index (χ2n) is 3.73. The molecule has 90 valence electrons. The number of nitrogens with zero attached hydrogens (tertiary/aromatic N) is 3. The Kier molecular flexibility index (Phi) is 5.56. The van der Waals surface area contributed by atoms with Crippen LogP contribution in [0.3, 0.4) is 0 Å². The van der Waals surface area contributed by atoms with Crippen LogP contribution in [0.4, 0.5) is 0 Å². The van der Waals surface area contributed by atoms with Crippen LogP contribution in [-0.2, 0) is 11.3 Å². The standard InChI is InChI=1S/C11H19N3O2/c1-2-13(8-4-11(15)16)6-3-7-14-9-5-12-10-14/h5,9-10H,2-4,6-8H2,1H3,(H,15,16). The van der Waals surface area contributed by atoms with Crippen LogP contribution in [0.1, 0.15) is 19.8 Å². The molecule has 0 saturated carbocycles. The number of imidazole rings is 1. The van der Waals surface area contributed by atoms with Crippen molar-refractivity contribution in [3.05, 3.63) is 18.7 Å². The van der Waals surface area contributed by atoms with E-state index in [1.807, 2.05) is 10.8 Å². The van der Waals surface area contributed by atoms with Gasteiger partial charge in [0.1, 0.15) is 0 Å². The molecular formula is C11H19N3O2. The Bertz CT molecular complexity index is 298. The fourth-order valence-corrected chi connectivity index (χ4v) is 1.58. The monoisotopic (exact) mass is 225 g/mol. The molecule has 0 aromatic carbocycles. The van der Waals surface area contributed by atoms with E-state index in [-0.39, 0.29) is 6.42 Å². The number of aliphatic carboxylic acids is 1. The minimum atomic E-state index is -0.729. The maximum Gasteiger partial charge on any atom is 0.304 e. The Morgan fingerprint density at radius 2 is 2.31 bits per heavy atom. The van der Waals surface area contributed by atoms with Gasteiger partial charge in [0, 0.05) is 25.5 Å². The zero-order valence-electron chi connectivity index (χ0n) is 9.67. The molecule has 0 atom stereocenters. The Labute approximate surface area is 95.7 Å². The van der Waals surface area contributed by atoms with Gasteiger partial charge >= 0.3 is 5.97 Å². The highest BCUT2D eigenvalue weighted by Crippen LogP contribution is 1.97. The maximum absolute atomic E-state index is 10.4. The van der Waals surface area contributed by atoms with Gasteiger partial charge in [-0.2, -0.15) is 0 Å². The lowest BCUT2D eigenvalue weighted by molar-refractivity contribution is -0.137. The van der Waals surface area contributed by atoms with Crippen molar-refractivity contribution in [2.45, 2.75) is 26.3 Å². The molecule has 0 amide bonds. The molecule has 1 rings (SSSR count).